The summed E-state index contributed by atoms with van der Waals surface area (Å²) in [6.07, 6.45) is 0. The molecule has 0 atom stereocenters. The lowest BCUT2D eigenvalue weighted by Gasteiger charge is -2.19. The van der Waals surface area contributed by atoms with Crippen molar-refractivity contribution in [2.75, 3.05) is 23.8 Å². The number of aromatic nitrogens is 1. The molecule has 7 heteroatoms. The Hall–Kier alpha value is -3.06. The lowest BCUT2D eigenvalue weighted by atomic mass is 9.87. The zero-order valence-electron chi connectivity index (χ0n) is 16.6. The summed E-state index contributed by atoms with van der Waals surface area (Å²) < 4.78 is 11.2. The quantitative estimate of drug-likeness (QED) is 0.597. The number of nitrogens with zero attached hydrogens (tertiary/aromatic N) is 1. The van der Waals surface area contributed by atoms with E-state index in [2.05, 4.69) is 36.4 Å². The van der Waals surface area contributed by atoms with Gasteiger partial charge in [-0.25, -0.2) is 9.78 Å². The van der Waals surface area contributed by atoms with E-state index >= 15 is 0 Å². The van der Waals surface area contributed by atoms with Crippen LogP contribution in [-0.2, 0) is 5.41 Å². The first-order valence-corrected chi connectivity index (χ1v) is 10.3. The summed E-state index contributed by atoms with van der Waals surface area (Å²) >= 11 is 1.37. The minimum Gasteiger partial charge on any atom is -0.486 e. The molecule has 0 bridgehead atoms. The van der Waals surface area contributed by atoms with Crippen molar-refractivity contribution in [2.45, 2.75) is 26.2 Å². The van der Waals surface area contributed by atoms with Gasteiger partial charge in [0.1, 0.15) is 13.2 Å². The van der Waals surface area contributed by atoms with E-state index in [-0.39, 0.29) is 11.4 Å². The molecule has 0 unspecified atom stereocenters. The van der Waals surface area contributed by atoms with Crippen LogP contribution in [0.5, 0.6) is 11.5 Å². The van der Waals surface area contributed by atoms with Crippen LogP contribution in [0.4, 0.5) is 15.6 Å². The van der Waals surface area contributed by atoms with Crippen molar-refractivity contribution < 1.29 is 14.3 Å². The number of anilines is 2. The second kappa shape index (κ2) is 7.75. The highest BCUT2D eigenvalue weighted by Gasteiger charge is 2.15. The summed E-state index contributed by atoms with van der Waals surface area (Å²) in [6, 6.07) is 13.3. The number of hydrogen-bond acceptors (Lipinski definition) is 5. The van der Waals surface area contributed by atoms with Crippen molar-refractivity contribution in [1.82, 2.24) is 4.98 Å². The third-order valence-electron chi connectivity index (χ3n) is 4.57. The van der Waals surface area contributed by atoms with Crippen molar-refractivity contribution in [3.05, 3.63) is 53.4 Å². The molecule has 1 aromatic heterocycles. The number of carbonyl (C=O) groups excluding carboxylic acids is 1. The Kier molecular flexibility index (Phi) is 5.15. The maximum absolute atomic E-state index is 12.3. The molecule has 1 aliphatic heterocycles. The Labute approximate surface area is 173 Å². The Balaban J connectivity index is 1.40. The maximum atomic E-state index is 12.3. The number of nitrogens with one attached hydrogen (secondary N) is 2. The first kappa shape index (κ1) is 19.3. The van der Waals surface area contributed by atoms with Gasteiger partial charge in [0.25, 0.3) is 0 Å². The number of fused-ring (bicyclic) bond motifs is 1. The second-order valence-electron chi connectivity index (χ2n) is 7.80. The van der Waals surface area contributed by atoms with Crippen molar-refractivity contribution in [3.63, 3.8) is 0 Å². The maximum Gasteiger partial charge on any atom is 0.325 e. The molecule has 2 heterocycles. The third kappa shape index (κ3) is 4.51. The van der Waals surface area contributed by atoms with Crippen molar-refractivity contribution in [2.24, 2.45) is 0 Å². The highest BCUT2D eigenvalue weighted by molar-refractivity contribution is 7.14. The molecule has 2 amide bonds. The summed E-state index contributed by atoms with van der Waals surface area (Å²) in [4.78, 5) is 16.8. The van der Waals surface area contributed by atoms with Gasteiger partial charge in [0.15, 0.2) is 16.6 Å². The molecule has 0 aliphatic carbocycles. The van der Waals surface area contributed by atoms with E-state index in [1.165, 1.54) is 16.9 Å². The molecule has 0 saturated heterocycles. The number of urea groups is 1. The summed E-state index contributed by atoms with van der Waals surface area (Å²) in [5, 5.41) is 8.06. The molecule has 29 heavy (non-hydrogen) atoms. The third-order valence-corrected chi connectivity index (χ3v) is 5.33. The van der Waals surface area contributed by atoms with E-state index in [0.717, 1.165) is 22.7 Å². The Morgan fingerprint density at radius 1 is 1.00 bits per heavy atom. The zero-order valence-corrected chi connectivity index (χ0v) is 17.4. The van der Waals surface area contributed by atoms with Crippen molar-refractivity contribution in [1.29, 1.82) is 0 Å². The van der Waals surface area contributed by atoms with Gasteiger partial charge in [0, 0.05) is 16.6 Å². The molecule has 2 N–H and O–H groups in total. The molecule has 150 valence electrons. The van der Waals surface area contributed by atoms with Crippen LogP contribution < -0.4 is 20.1 Å². The molecular formula is C22H23N3O3S. The molecule has 4 rings (SSSR count). The van der Waals surface area contributed by atoms with E-state index in [0.29, 0.717) is 24.1 Å². The van der Waals surface area contributed by atoms with Crippen LogP contribution in [0.3, 0.4) is 0 Å². The monoisotopic (exact) mass is 409 g/mol. The molecule has 3 aromatic rings. The van der Waals surface area contributed by atoms with Gasteiger partial charge in [-0.05, 0) is 41.3 Å². The fourth-order valence-electron chi connectivity index (χ4n) is 2.98. The molecule has 0 spiro atoms. The fraction of sp³-hybridized carbons (Fsp3) is 0.273. The normalized spacial score (nSPS) is 13.1. The lowest BCUT2D eigenvalue weighted by molar-refractivity contribution is 0.171. The van der Waals surface area contributed by atoms with Crippen LogP contribution in [0.15, 0.2) is 47.8 Å². The SMILES string of the molecule is CC(C)(C)c1ccc(NC(=O)Nc2nc(-c3ccc4c(c3)OCCO4)cs2)cc1. The minimum absolute atomic E-state index is 0.0753. The summed E-state index contributed by atoms with van der Waals surface area (Å²) in [5.41, 5.74) is 3.71. The molecule has 2 aromatic carbocycles. The molecule has 6 nitrogen and oxygen atoms in total. The van der Waals surface area contributed by atoms with Gasteiger partial charge < -0.3 is 14.8 Å². The molecule has 1 aliphatic rings. The zero-order chi connectivity index (χ0) is 20.4. The van der Waals surface area contributed by atoms with E-state index in [1.807, 2.05) is 47.8 Å². The van der Waals surface area contributed by atoms with E-state index in [1.54, 1.807) is 0 Å². The first-order valence-electron chi connectivity index (χ1n) is 9.42. The predicted molar refractivity (Wildman–Crippen MR) is 116 cm³/mol. The van der Waals surface area contributed by atoms with Crippen LogP contribution in [0.1, 0.15) is 26.3 Å². The van der Waals surface area contributed by atoms with Gasteiger partial charge in [-0.3, -0.25) is 5.32 Å². The summed E-state index contributed by atoms with van der Waals surface area (Å²) in [7, 11) is 0. The minimum atomic E-state index is -0.323. The Morgan fingerprint density at radius 3 is 2.45 bits per heavy atom. The second-order valence-corrected chi connectivity index (χ2v) is 8.66. The van der Waals surface area contributed by atoms with Crippen LogP contribution in [0, 0.1) is 0 Å². The number of carbonyl (C=O) groups is 1. The molecule has 0 fully saturated rings. The Bertz CT molecular complexity index is 1020. The number of rotatable bonds is 3. The van der Waals surface area contributed by atoms with Gasteiger partial charge >= 0.3 is 6.03 Å². The summed E-state index contributed by atoms with van der Waals surface area (Å²) in [6.45, 7) is 7.57. The number of hydrogen-bond donors (Lipinski definition) is 2. The number of thiazole rings is 1. The molecular weight excluding hydrogens is 386 g/mol. The van der Waals surface area contributed by atoms with Gasteiger partial charge in [0.2, 0.25) is 0 Å². The fourth-order valence-corrected chi connectivity index (χ4v) is 3.69. The average molecular weight is 410 g/mol. The highest BCUT2D eigenvalue weighted by Crippen LogP contribution is 2.35. The topological polar surface area (TPSA) is 72.5 Å². The smallest absolute Gasteiger partial charge is 0.325 e. The number of amides is 2. The van der Waals surface area contributed by atoms with Gasteiger partial charge in [-0.15, -0.1) is 11.3 Å². The van der Waals surface area contributed by atoms with Gasteiger partial charge in [0.05, 0.1) is 5.69 Å². The molecule has 0 saturated carbocycles. The van der Waals surface area contributed by atoms with E-state index in [9.17, 15) is 4.79 Å². The number of ether oxygens (including phenoxy) is 2. The largest absolute Gasteiger partial charge is 0.486 e. The summed E-state index contributed by atoms with van der Waals surface area (Å²) in [5.74, 6) is 1.46. The van der Waals surface area contributed by atoms with Crippen LogP contribution in [-0.4, -0.2) is 24.2 Å². The average Bonchev–Trinajstić information content (AvgIpc) is 3.15. The molecule has 0 radical (unpaired) electrons. The Morgan fingerprint density at radius 2 is 1.72 bits per heavy atom. The highest BCUT2D eigenvalue weighted by atomic mass is 32.1. The standard InChI is InChI=1S/C22H23N3O3S/c1-22(2,3)15-5-7-16(8-6-15)23-20(26)25-21-24-17(13-29-21)14-4-9-18-19(12-14)28-11-10-27-18/h4-9,12-13H,10-11H2,1-3H3,(H2,23,24,25,26). The van der Waals surface area contributed by atoms with Crippen LogP contribution in [0.25, 0.3) is 11.3 Å². The van der Waals surface area contributed by atoms with Crippen molar-refractivity contribution >= 4 is 28.2 Å². The first-order chi connectivity index (χ1) is 13.9. The van der Waals surface area contributed by atoms with Crippen LogP contribution >= 0.6 is 11.3 Å². The van der Waals surface area contributed by atoms with Gasteiger partial charge in [-0.1, -0.05) is 32.9 Å². The van der Waals surface area contributed by atoms with Gasteiger partial charge in [-0.2, -0.15) is 0 Å². The predicted octanol–water partition coefficient (Wildman–Crippen LogP) is 5.52. The van der Waals surface area contributed by atoms with Crippen LogP contribution in [0.2, 0.25) is 0 Å². The van der Waals surface area contributed by atoms with E-state index < -0.39 is 0 Å². The lowest BCUT2D eigenvalue weighted by Crippen LogP contribution is -2.19. The van der Waals surface area contributed by atoms with E-state index in [4.69, 9.17) is 9.47 Å². The number of benzene rings is 2. The van der Waals surface area contributed by atoms with Crippen molar-refractivity contribution in [3.8, 4) is 22.8 Å².